The average Bonchev–Trinajstić information content (AvgIpc) is 2.63. The fourth-order valence-electron chi connectivity index (χ4n) is 2.68. The Morgan fingerprint density at radius 1 is 1.38 bits per heavy atom. The molecule has 1 atom stereocenters. The summed E-state index contributed by atoms with van der Waals surface area (Å²) in [4.78, 5) is 2.57. The van der Waals surface area contributed by atoms with E-state index in [2.05, 4.69) is 18.7 Å². The zero-order valence-corrected chi connectivity index (χ0v) is 8.88. The average molecular weight is 183 g/mol. The highest BCUT2D eigenvalue weighted by Gasteiger charge is 2.41. The van der Waals surface area contributed by atoms with Gasteiger partial charge in [0.25, 0.3) is 0 Å². The van der Waals surface area contributed by atoms with Gasteiger partial charge in [-0.15, -0.1) is 0 Å². The van der Waals surface area contributed by atoms with Gasteiger partial charge < -0.3 is 9.64 Å². The van der Waals surface area contributed by atoms with Crippen molar-refractivity contribution in [2.24, 2.45) is 5.92 Å². The van der Waals surface area contributed by atoms with Crippen LogP contribution in [0, 0.1) is 5.92 Å². The molecule has 1 spiro atoms. The standard InChI is InChI=1S/C11H21NO/c1-10(2)8-12-6-5-11(9-12)4-3-7-13-11/h10H,3-9H2,1-2H3/t11-/m1/s1. The van der Waals surface area contributed by atoms with E-state index in [9.17, 15) is 0 Å². The topological polar surface area (TPSA) is 12.5 Å². The van der Waals surface area contributed by atoms with Gasteiger partial charge in [0.05, 0.1) is 5.60 Å². The van der Waals surface area contributed by atoms with Gasteiger partial charge in [0.1, 0.15) is 0 Å². The number of hydrogen-bond donors (Lipinski definition) is 0. The molecular formula is C11H21NO. The van der Waals surface area contributed by atoms with E-state index < -0.39 is 0 Å². The minimum atomic E-state index is 0.273. The maximum absolute atomic E-state index is 5.87. The molecule has 2 heterocycles. The van der Waals surface area contributed by atoms with Crippen LogP contribution in [0.2, 0.25) is 0 Å². The summed E-state index contributed by atoms with van der Waals surface area (Å²) in [6, 6.07) is 0. The van der Waals surface area contributed by atoms with Gasteiger partial charge in [0, 0.05) is 26.2 Å². The number of ether oxygens (including phenoxy) is 1. The summed E-state index contributed by atoms with van der Waals surface area (Å²) in [7, 11) is 0. The van der Waals surface area contributed by atoms with Crippen molar-refractivity contribution in [2.45, 2.75) is 38.7 Å². The number of likely N-dealkylation sites (tertiary alicyclic amines) is 1. The van der Waals surface area contributed by atoms with Gasteiger partial charge in [-0.2, -0.15) is 0 Å². The summed E-state index contributed by atoms with van der Waals surface area (Å²) in [6.45, 7) is 9.25. The molecule has 2 fully saturated rings. The molecule has 0 aromatic carbocycles. The van der Waals surface area contributed by atoms with Gasteiger partial charge in [0.2, 0.25) is 0 Å². The molecule has 0 amide bonds. The molecule has 0 unspecified atom stereocenters. The second-order valence-corrected chi connectivity index (χ2v) is 5.01. The molecule has 2 rings (SSSR count). The molecule has 2 aliphatic rings. The molecule has 2 heteroatoms. The lowest BCUT2D eigenvalue weighted by Crippen LogP contribution is -2.33. The smallest absolute Gasteiger partial charge is 0.0821 e. The van der Waals surface area contributed by atoms with Crippen LogP contribution in [0.15, 0.2) is 0 Å². The van der Waals surface area contributed by atoms with E-state index in [4.69, 9.17) is 4.74 Å². The van der Waals surface area contributed by atoms with Crippen molar-refractivity contribution in [3.63, 3.8) is 0 Å². The Balaban J connectivity index is 1.86. The van der Waals surface area contributed by atoms with Crippen LogP contribution in [0.5, 0.6) is 0 Å². The van der Waals surface area contributed by atoms with Crippen LogP contribution in [-0.4, -0.2) is 36.7 Å². The first kappa shape index (κ1) is 9.47. The van der Waals surface area contributed by atoms with E-state index in [0.717, 1.165) is 12.5 Å². The maximum Gasteiger partial charge on any atom is 0.0821 e. The minimum absolute atomic E-state index is 0.273. The molecule has 13 heavy (non-hydrogen) atoms. The number of nitrogens with zero attached hydrogens (tertiary/aromatic N) is 1. The third kappa shape index (κ3) is 2.05. The molecular weight excluding hydrogens is 162 g/mol. The monoisotopic (exact) mass is 183 g/mol. The van der Waals surface area contributed by atoms with E-state index >= 15 is 0 Å². The summed E-state index contributed by atoms with van der Waals surface area (Å²) >= 11 is 0. The third-order valence-corrected chi connectivity index (χ3v) is 3.20. The summed E-state index contributed by atoms with van der Waals surface area (Å²) in [5, 5.41) is 0. The van der Waals surface area contributed by atoms with Crippen molar-refractivity contribution in [3.05, 3.63) is 0 Å². The Labute approximate surface area is 81.3 Å². The molecule has 2 saturated heterocycles. The Bertz CT molecular complexity index is 173. The summed E-state index contributed by atoms with van der Waals surface area (Å²) < 4.78 is 5.87. The quantitative estimate of drug-likeness (QED) is 0.648. The van der Waals surface area contributed by atoms with Crippen LogP contribution in [0.4, 0.5) is 0 Å². The lowest BCUT2D eigenvalue weighted by molar-refractivity contribution is 0.0120. The van der Waals surface area contributed by atoms with Crippen molar-refractivity contribution < 1.29 is 4.74 Å². The molecule has 0 N–H and O–H groups in total. The predicted octanol–water partition coefficient (Wildman–Crippen LogP) is 1.90. The first-order valence-electron chi connectivity index (χ1n) is 5.57. The zero-order valence-electron chi connectivity index (χ0n) is 8.88. The van der Waals surface area contributed by atoms with Crippen LogP contribution < -0.4 is 0 Å². The highest BCUT2D eigenvalue weighted by molar-refractivity contribution is 4.94. The van der Waals surface area contributed by atoms with Gasteiger partial charge in [-0.1, -0.05) is 13.8 Å². The molecule has 2 nitrogen and oxygen atoms in total. The molecule has 0 aliphatic carbocycles. The maximum atomic E-state index is 5.87. The minimum Gasteiger partial charge on any atom is -0.374 e. The van der Waals surface area contributed by atoms with Crippen LogP contribution >= 0.6 is 0 Å². The van der Waals surface area contributed by atoms with Gasteiger partial charge in [0.15, 0.2) is 0 Å². The van der Waals surface area contributed by atoms with Gasteiger partial charge in [-0.05, 0) is 25.2 Å². The Morgan fingerprint density at radius 2 is 2.23 bits per heavy atom. The molecule has 0 bridgehead atoms. The van der Waals surface area contributed by atoms with Crippen molar-refractivity contribution >= 4 is 0 Å². The molecule has 0 aromatic rings. The lowest BCUT2D eigenvalue weighted by atomic mass is 10.00. The lowest BCUT2D eigenvalue weighted by Gasteiger charge is -2.24. The third-order valence-electron chi connectivity index (χ3n) is 3.20. The molecule has 76 valence electrons. The van der Waals surface area contributed by atoms with Crippen LogP contribution in [0.1, 0.15) is 33.1 Å². The molecule has 2 aliphatic heterocycles. The van der Waals surface area contributed by atoms with E-state index in [1.807, 2.05) is 0 Å². The van der Waals surface area contributed by atoms with E-state index in [-0.39, 0.29) is 5.60 Å². The Morgan fingerprint density at radius 3 is 2.85 bits per heavy atom. The highest BCUT2D eigenvalue weighted by atomic mass is 16.5. The first-order chi connectivity index (χ1) is 6.20. The predicted molar refractivity (Wildman–Crippen MR) is 53.8 cm³/mol. The molecule has 0 radical (unpaired) electrons. The van der Waals surface area contributed by atoms with Crippen molar-refractivity contribution in [1.82, 2.24) is 4.90 Å². The summed E-state index contributed by atoms with van der Waals surface area (Å²) in [5.74, 6) is 0.788. The SMILES string of the molecule is CC(C)CN1CC[C@]2(CCCO2)C1. The fraction of sp³-hybridized carbons (Fsp3) is 1.00. The van der Waals surface area contributed by atoms with Crippen molar-refractivity contribution in [3.8, 4) is 0 Å². The fourth-order valence-corrected chi connectivity index (χ4v) is 2.68. The molecule has 0 saturated carbocycles. The summed E-state index contributed by atoms with van der Waals surface area (Å²) in [5.41, 5.74) is 0.273. The van der Waals surface area contributed by atoms with Crippen LogP contribution in [0.25, 0.3) is 0 Å². The zero-order chi connectivity index (χ0) is 9.31. The number of rotatable bonds is 2. The van der Waals surface area contributed by atoms with Crippen molar-refractivity contribution in [1.29, 1.82) is 0 Å². The summed E-state index contributed by atoms with van der Waals surface area (Å²) in [6.07, 6.45) is 3.83. The Hall–Kier alpha value is -0.0800. The van der Waals surface area contributed by atoms with Crippen LogP contribution in [0.3, 0.4) is 0 Å². The normalized spacial score (nSPS) is 35.3. The second-order valence-electron chi connectivity index (χ2n) is 5.01. The van der Waals surface area contributed by atoms with E-state index in [1.54, 1.807) is 0 Å². The van der Waals surface area contributed by atoms with Gasteiger partial charge in [-0.25, -0.2) is 0 Å². The first-order valence-corrected chi connectivity index (χ1v) is 5.57. The van der Waals surface area contributed by atoms with E-state index in [0.29, 0.717) is 0 Å². The van der Waals surface area contributed by atoms with Crippen molar-refractivity contribution in [2.75, 3.05) is 26.2 Å². The number of hydrogen-bond acceptors (Lipinski definition) is 2. The Kier molecular flexibility index (Phi) is 2.61. The largest absolute Gasteiger partial charge is 0.374 e. The van der Waals surface area contributed by atoms with Gasteiger partial charge >= 0.3 is 0 Å². The van der Waals surface area contributed by atoms with Gasteiger partial charge in [-0.3, -0.25) is 0 Å². The van der Waals surface area contributed by atoms with Crippen LogP contribution in [-0.2, 0) is 4.74 Å². The molecule has 0 aromatic heterocycles. The second kappa shape index (κ2) is 3.58. The van der Waals surface area contributed by atoms with E-state index in [1.165, 1.54) is 38.9 Å². The highest BCUT2D eigenvalue weighted by Crippen LogP contribution is 2.34.